The van der Waals surface area contributed by atoms with E-state index in [9.17, 15) is 0 Å². The summed E-state index contributed by atoms with van der Waals surface area (Å²) in [5, 5.41) is 14.5. The first-order valence-electron chi connectivity index (χ1n) is 15.5. The van der Waals surface area contributed by atoms with Gasteiger partial charge in [-0.2, -0.15) is 0 Å². The number of hydrogen-bond acceptors (Lipinski definition) is 3. The van der Waals surface area contributed by atoms with Gasteiger partial charge in [-0.3, -0.25) is 0 Å². The van der Waals surface area contributed by atoms with Crippen LogP contribution in [-0.2, 0) is 0 Å². The zero-order valence-electron chi connectivity index (χ0n) is 25.2. The lowest BCUT2D eigenvalue weighted by molar-refractivity contribution is 0.741. The Balaban J connectivity index is 1.35. The number of dihydropyridines is 2. The molecule has 8 rings (SSSR count). The average molecular weight is 583 g/mol. The lowest BCUT2D eigenvalue weighted by atomic mass is 9.98. The van der Waals surface area contributed by atoms with E-state index in [0.29, 0.717) is 0 Å². The molecular formula is C41H34N4. The molecule has 4 heteroatoms. The van der Waals surface area contributed by atoms with Crippen LogP contribution in [0.4, 0.5) is 0 Å². The summed E-state index contributed by atoms with van der Waals surface area (Å²) in [6.07, 6.45) is 18.5. The summed E-state index contributed by atoms with van der Waals surface area (Å²) in [5.41, 5.74) is 15.1. The summed E-state index contributed by atoms with van der Waals surface area (Å²) in [4.78, 5) is 0. The van der Waals surface area contributed by atoms with Crippen molar-refractivity contribution >= 4 is 49.0 Å². The number of rotatable bonds is 5. The number of allylic oxidation sites excluding steroid dienone is 7. The smallest absolute Gasteiger partial charge is 0.0696 e. The summed E-state index contributed by atoms with van der Waals surface area (Å²) in [7, 11) is 0. The number of aromatic nitrogens is 1. The molecule has 0 saturated heterocycles. The van der Waals surface area contributed by atoms with Crippen molar-refractivity contribution in [3.63, 3.8) is 0 Å². The van der Waals surface area contributed by atoms with Crippen molar-refractivity contribution in [3.05, 3.63) is 168 Å². The Hall–Kier alpha value is -5.74. The molecule has 0 saturated carbocycles. The summed E-state index contributed by atoms with van der Waals surface area (Å²) < 4.78 is 2.48. The van der Waals surface area contributed by atoms with E-state index in [-0.39, 0.29) is 6.04 Å². The van der Waals surface area contributed by atoms with Gasteiger partial charge >= 0.3 is 0 Å². The lowest BCUT2D eigenvalue weighted by Crippen LogP contribution is -2.17. The van der Waals surface area contributed by atoms with Gasteiger partial charge in [-0.1, -0.05) is 109 Å². The van der Waals surface area contributed by atoms with Crippen molar-refractivity contribution in [2.24, 2.45) is 5.73 Å². The third-order valence-electron chi connectivity index (χ3n) is 9.00. The number of nitrogens with zero attached hydrogens (tertiary/aromatic N) is 1. The van der Waals surface area contributed by atoms with E-state index in [1.165, 1.54) is 60.2 Å². The lowest BCUT2D eigenvalue weighted by Gasteiger charge is -2.20. The van der Waals surface area contributed by atoms with Crippen LogP contribution < -0.4 is 16.4 Å². The van der Waals surface area contributed by atoms with Gasteiger partial charge in [0.05, 0.1) is 22.8 Å². The van der Waals surface area contributed by atoms with Crippen LogP contribution in [0.5, 0.6) is 0 Å². The van der Waals surface area contributed by atoms with Gasteiger partial charge in [-0.25, -0.2) is 0 Å². The van der Waals surface area contributed by atoms with Crippen LogP contribution in [0.15, 0.2) is 157 Å². The monoisotopic (exact) mass is 582 g/mol. The second-order valence-corrected chi connectivity index (χ2v) is 11.6. The van der Waals surface area contributed by atoms with Crippen LogP contribution in [0.1, 0.15) is 24.1 Å². The van der Waals surface area contributed by atoms with Crippen molar-refractivity contribution in [1.82, 2.24) is 15.2 Å². The Bertz CT molecular complexity index is 2320. The van der Waals surface area contributed by atoms with Gasteiger partial charge in [0.25, 0.3) is 0 Å². The summed E-state index contributed by atoms with van der Waals surface area (Å²) in [6.45, 7) is 2.85. The molecule has 4 nitrogen and oxygen atoms in total. The molecule has 0 bridgehead atoms. The molecular weight excluding hydrogens is 548 g/mol. The molecule has 0 amide bonds. The minimum absolute atomic E-state index is 0.0476. The Morgan fingerprint density at radius 3 is 2.56 bits per heavy atom. The highest BCUT2D eigenvalue weighted by molar-refractivity contribution is 6.19. The third kappa shape index (κ3) is 4.54. The molecule has 1 unspecified atom stereocenters. The number of benzene rings is 5. The van der Waals surface area contributed by atoms with E-state index in [4.69, 9.17) is 5.73 Å². The maximum atomic E-state index is 5.90. The fourth-order valence-electron chi connectivity index (χ4n) is 6.82. The minimum atomic E-state index is 0.0476. The van der Waals surface area contributed by atoms with E-state index >= 15 is 0 Å². The van der Waals surface area contributed by atoms with Gasteiger partial charge in [0, 0.05) is 46.2 Å². The van der Waals surface area contributed by atoms with E-state index in [1.54, 1.807) is 6.20 Å². The molecule has 45 heavy (non-hydrogen) atoms. The van der Waals surface area contributed by atoms with Crippen molar-refractivity contribution < 1.29 is 0 Å². The standard InChI is InChI=1S/C41H34N4/c1-2-8-31(25-42)32-17-21-38(44-26-32)30-16-19-35-36-20-14-28-23-29(37-12-5-6-22-43-37)15-18-34(28)41(36)45(40(35)24-30)39-13-7-10-27-9-3-4-11-33(27)39/h2-21,23-26,38,43-44H,22,42H2,1H3/b8-2-,31-25+. The maximum absolute atomic E-state index is 5.90. The Morgan fingerprint density at radius 1 is 0.867 bits per heavy atom. The zero-order chi connectivity index (χ0) is 30.3. The molecule has 0 radical (unpaired) electrons. The number of hydrogen-bond donors (Lipinski definition) is 3. The third-order valence-corrected chi connectivity index (χ3v) is 9.00. The summed E-state index contributed by atoms with van der Waals surface area (Å²) in [5.74, 6) is 0. The van der Waals surface area contributed by atoms with E-state index in [1.807, 2.05) is 19.1 Å². The fraction of sp³-hybridized carbons (Fsp3) is 0.0732. The maximum Gasteiger partial charge on any atom is 0.0696 e. The van der Waals surface area contributed by atoms with Gasteiger partial charge < -0.3 is 20.9 Å². The molecule has 1 aromatic heterocycles. The van der Waals surface area contributed by atoms with Crippen molar-refractivity contribution in [3.8, 4) is 5.69 Å². The summed E-state index contributed by atoms with van der Waals surface area (Å²) in [6, 6.07) is 33.6. The van der Waals surface area contributed by atoms with Crippen LogP contribution >= 0.6 is 0 Å². The Labute approximate surface area is 262 Å². The van der Waals surface area contributed by atoms with E-state index in [0.717, 1.165) is 23.4 Å². The highest BCUT2D eigenvalue weighted by Crippen LogP contribution is 2.40. The van der Waals surface area contributed by atoms with Crippen LogP contribution in [0.25, 0.3) is 54.7 Å². The number of nitrogens with one attached hydrogen (secondary N) is 2. The van der Waals surface area contributed by atoms with Crippen LogP contribution in [0, 0.1) is 0 Å². The molecule has 3 heterocycles. The second-order valence-electron chi connectivity index (χ2n) is 11.6. The van der Waals surface area contributed by atoms with Gasteiger partial charge in [0.2, 0.25) is 0 Å². The summed E-state index contributed by atoms with van der Waals surface area (Å²) >= 11 is 0. The van der Waals surface area contributed by atoms with E-state index < -0.39 is 0 Å². The fourth-order valence-corrected chi connectivity index (χ4v) is 6.82. The van der Waals surface area contributed by atoms with Crippen LogP contribution in [0.2, 0.25) is 0 Å². The molecule has 6 aromatic rings. The largest absolute Gasteiger partial charge is 0.404 e. The molecule has 2 aliphatic rings. The van der Waals surface area contributed by atoms with Crippen LogP contribution in [-0.4, -0.2) is 11.1 Å². The minimum Gasteiger partial charge on any atom is -0.404 e. The Morgan fingerprint density at radius 2 is 1.73 bits per heavy atom. The Kier molecular flexibility index (Phi) is 6.61. The molecule has 4 N–H and O–H groups in total. The number of fused-ring (bicyclic) bond motifs is 6. The SMILES string of the molecule is C/C=C\C(=C/N)C1=CNC(c2ccc3c4ccc5cc(C6=CC=CCN6)ccc5c4n(-c4cccc5ccccc45)c3c2)C=C1. The van der Waals surface area contributed by atoms with Crippen molar-refractivity contribution in [1.29, 1.82) is 0 Å². The number of nitrogens with two attached hydrogens (primary N) is 1. The molecule has 0 fully saturated rings. The predicted molar refractivity (Wildman–Crippen MR) is 191 cm³/mol. The first kappa shape index (κ1) is 26.9. The highest BCUT2D eigenvalue weighted by Gasteiger charge is 2.20. The molecule has 0 aliphatic carbocycles. The van der Waals surface area contributed by atoms with Gasteiger partial charge in [-0.05, 0) is 64.2 Å². The molecule has 0 spiro atoms. The van der Waals surface area contributed by atoms with Gasteiger partial charge in [0.1, 0.15) is 0 Å². The first-order chi connectivity index (χ1) is 22.2. The van der Waals surface area contributed by atoms with E-state index in [2.05, 4.69) is 143 Å². The highest BCUT2D eigenvalue weighted by atomic mass is 15.0. The normalized spacial score (nSPS) is 16.8. The van der Waals surface area contributed by atoms with Gasteiger partial charge in [-0.15, -0.1) is 0 Å². The molecule has 2 aliphatic heterocycles. The second kappa shape index (κ2) is 11.1. The molecule has 1 atom stereocenters. The first-order valence-corrected chi connectivity index (χ1v) is 15.5. The van der Waals surface area contributed by atoms with Crippen molar-refractivity contribution in [2.75, 3.05) is 6.54 Å². The topological polar surface area (TPSA) is 55.0 Å². The molecule has 5 aromatic carbocycles. The quantitative estimate of drug-likeness (QED) is 0.178. The van der Waals surface area contributed by atoms with Crippen molar-refractivity contribution in [2.45, 2.75) is 13.0 Å². The van der Waals surface area contributed by atoms with Gasteiger partial charge in [0.15, 0.2) is 0 Å². The van der Waals surface area contributed by atoms with Crippen LogP contribution in [0.3, 0.4) is 0 Å². The zero-order valence-corrected chi connectivity index (χ0v) is 25.2. The molecule has 218 valence electrons. The predicted octanol–water partition coefficient (Wildman–Crippen LogP) is 9.09. The average Bonchev–Trinajstić information content (AvgIpc) is 3.44.